The van der Waals surface area contributed by atoms with Gasteiger partial charge in [-0.2, -0.15) is 0 Å². The fraction of sp³-hybridized carbons (Fsp3) is 0.167. The van der Waals surface area contributed by atoms with E-state index in [2.05, 4.69) is 10.2 Å². The van der Waals surface area contributed by atoms with Crippen molar-refractivity contribution in [3.05, 3.63) is 59.1 Å². The van der Waals surface area contributed by atoms with Gasteiger partial charge in [0.2, 0.25) is 0 Å². The molecule has 0 radical (unpaired) electrons. The van der Waals surface area contributed by atoms with Gasteiger partial charge in [0.25, 0.3) is 0 Å². The molecule has 0 fully saturated rings. The van der Waals surface area contributed by atoms with Gasteiger partial charge in [0.1, 0.15) is 0 Å². The van der Waals surface area contributed by atoms with Crippen LogP contribution in [0, 0.1) is 6.92 Å². The van der Waals surface area contributed by atoms with Crippen LogP contribution < -0.4 is 0 Å². The first-order valence-electron chi connectivity index (χ1n) is 7.56. The van der Waals surface area contributed by atoms with E-state index in [4.69, 9.17) is 16.3 Å². The summed E-state index contributed by atoms with van der Waals surface area (Å²) in [6, 6.07) is 15.5. The maximum Gasteiger partial charge on any atom is 0.316 e. The number of aryl methyl sites for hydroxylation is 1. The van der Waals surface area contributed by atoms with Crippen molar-refractivity contribution in [3.8, 4) is 17.1 Å². The molecule has 0 saturated heterocycles. The summed E-state index contributed by atoms with van der Waals surface area (Å²) in [6.45, 7) is 2.03. The number of benzene rings is 2. The Labute approximate surface area is 155 Å². The Balaban J connectivity index is 2.05. The van der Waals surface area contributed by atoms with Crippen LogP contribution in [0.3, 0.4) is 0 Å². The number of carbonyl (C=O) groups excluding carboxylic acids is 1. The third kappa shape index (κ3) is 4.03. The Kier molecular flexibility index (Phi) is 5.40. The second-order valence-electron chi connectivity index (χ2n) is 5.35. The van der Waals surface area contributed by atoms with Gasteiger partial charge >= 0.3 is 5.97 Å². The van der Waals surface area contributed by atoms with Crippen LogP contribution in [0.4, 0.5) is 0 Å². The highest BCUT2D eigenvalue weighted by Crippen LogP contribution is 2.28. The number of hydrogen-bond acceptors (Lipinski definition) is 5. The summed E-state index contributed by atoms with van der Waals surface area (Å²) in [6.07, 6.45) is 0. The van der Waals surface area contributed by atoms with E-state index in [9.17, 15) is 4.79 Å². The molecule has 0 bridgehead atoms. The minimum Gasteiger partial charge on any atom is -0.468 e. The van der Waals surface area contributed by atoms with Crippen LogP contribution in [0.1, 0.15) is 5.56 Å². The molecule has 0 saturated carbocycles. The second kappa shape index (κ2) is 7.72. The number of halogens is 1. The van der Waals surface area contributed by atoms with Gasteiger partial charge in [-0.3, -0.25) is 9.36 Å². The van der Waals surface area contributed by atoms with Crippen LogP contribution in [0.5, 0.6) is 0 Å². The lowest BCUT2D eigenvalue weighted by atomic mass is 10.2. The third-order valence-corrected chi connectivity index (χ3v) is 4.73. The Hall–Kier alpha value is -2.31. The summed E-state index contributed by atoms with van der Waals surface area (Å²) in [4.78, 5) is 11.5. The van der Waals surface area contributed by atoms with Crippen molar-refractivity contribution in [2.45, 2.75) is 12.1 Å². The number of aromatic nitrogens is 3. The number of nitrogens with zero attached hydrogens (tertiary/aromatic N) is 3. The van der Waals surface area contributed by atoms with Crippen molar-refractivity contribution in [1.82, 2.24) is 14.8 Å². The normalized spacial score (nSPS) is 10.7. The fourth-order valence-electron chi connectivity index (χ4n) is 2.26. The minimum atomic E-state index is -0.309. The Morgan fingerprint density at radius 1 is 1.12 bits per heavy atom. The quantitative estimate of drug-likeness (QED) is 0.496. The molecule has 3 aromatic rings. The van der Waals surface area contributed by atoms with Gasteiger partial charge in [-0.15, -0.1) is 10.2 Å². The first-order chi connectivity index (χ1) is 12.1. The van der Waals surface area contributed by atoms with Crippen LogP contribution in [0.2, 0.25) is 5.02 Å². The topological polar surface area (TPSA) is 57.0 Å². The minimum absolute atomic E-state index is 0.168. The molecule has 1 aromatic heterocycles. The van der Waals surface area contributed by atoms with Crippen molar-refractivity contribution < 1.29 is 9.53 Å². The van der Waals surface area contributed by atoms with E-state index >= 15 is 0 Å². The molecule has 0 N–H and O–H groups in total. The van der Waals surface area contributed by atoms with Crippen LogP contribution in [-0.2, 0) is 9.53 Å². The monoisotopic (exact) mass is 373 g/mol. The molecule has 0 aliphatic carbocycles. The van der Waals surface area contributed by atoms with Gasteiger partial charge in [-0.05, 0) is 43.3 Å². The fourth-order valence-corrected chi connectivity index (χ4v) is 3.17. The Morgan fingerprint density at radius 2 is 1.80 bits per heavy atom. The molecule has 2 aromatic carbocycles. The lowest BCUT2D eigenvalue weighted by Crippen LogP contribution is -2.05. The highest BCUT2D eigenvalue weighted by Gasteiger charge is 2.17. The van der Waals surface area contributed by atoms with E-state index in [0.717, 1.165) is 16.8 Å². The molecular formula is C18H16ClN3O2S. The number of carbonyl (C=O) groups is 1. The predicted octanol–water partition coefficient (Wildman–Crippen LogP) is 4.16. The zero-order chi connectivity index (χ0) is 17.8. The molecule has 0 unspecified atom stereocenters. The predicted molar refractivity (Wildman–Crippen MR) is 99.3 cm³/mol. The van der Waals surface area contributed by atoms with Crippen LogP contribution in [0.15, 0.2) is 53.7 Å². The second-order valence-corrected chi connectivity index (χ2v) is 6.73. The van der Waals surface area contributed by atoms with E-state index in [1.165, 1.54) is 18.9 Å². The largest absolute Gasteiger partial charge is 0.468 e. The average molecular weight is 374 g/mol. The zero-order valence-corrected chi connectivity index (χ0v) is 15.3. The summed E-state index contributed by atoms with van der Waals surface area (Å²) in [7, 11) is 1.37. The van der Waals surface area contributed by atoms with Gasteiger partial charge < -0.3 is 4.74 Å². The van der Waals surface area contributed by atoms with E-state index < -0.39 is 0 Å². The van der Waals surface area contributed by atoms with Crippen molar-refractivity contribution in [2.75, 3.05) is 12.9 Å². The van der Waals surface area contributed by atoms with E-state index in [-0.39, 0.29) is 11.7 Å². The lowest BCUT2D eigenvalue weighted by molar-refractivity contribution is -0.137. The van der Waals surface area contributed by atoms with Gasteiger partial charge in [0.05, 0.1) is 12.9 Å². The first kappa shape index (κ1) is 17.5. The van der Waals surface area contributed by atoms with E-state index in [0.29, 0.717) is 16.0 Å². The Morgan fingerprint density at radius 3 is 2.44 bits per heavy atom. The summed E-state index contributed by atoms with van der Waals surface area (Å²) >= 11 is 7.27. The maximum atomic E-state index is 11.5. The van der Waals surface area contributed by atoms with Gasteiger partial charge in [0.15, 0.2) is 11.0 Å². The van der Waals surface area contributed by atoms with Crippen molar-refractivity contribution in [3.63, 3.8) is 0 Å². The van der Waals surface area contributed by atoms with Gasteiger partial charge in [0, 0.05) is 16.3 Å². The number of ether oxygens (including phenoxy) is 1. The van der Waals surface area contributed by atoms with Crippen LogP contribution >= 0.6 is 23.4 Å². The third-order valence-electron chi connectivity index (χ3n) is 3.57. The highest BCUT2D eigenvalue weighted by molar-refractivity contribution is 7.99. The molecule has 7 heteroatoms. The molecule has 0 aliphatic heterocycles. The molecular weight excluding hydrogens is 358 g/mol. The molecule has 0 amide bonds. The zero-order valence-electron chi connectivity index (χ0n) is 13.8. The molecule has 0 spiro atoms. The lowest BCUT2D eigenvalue weighted by Gasteiger charge is -2.10. The maximum absolute atomic E-state index is 11.5. The summed E-state index contributed by atoms with van der Waals surface area (Å²) < 4.78 is 6.63. The molecule has 5 nitrogen and oxygen atoms in total. The molecule has 0 atom stereocenters. The molecule has 1 heterocycles. The van der Waals surface area contributed by atoms with Crippen LogP contribution in [0.25, 0.3) is 17.1 Å². The number of hydrogen-bond donors (Lipinski definition) is 0. The average Bonchev–Trinajstić information content (AvgIpc) is 3.05. The van der Waals surface area contributed by atoms with Crippen molar-refractivity contribution in [1.29, 1.82) is 0 Å². The molecule has 3 rings (SSSR count). The number of esters is 1. The number of thioether (sulfide) groups is 1. The number of rotatable bonds is 5. The van der Waals surface area contributed by atoms with Gasteiger partial charge in [-0.25, -0.2) is 0 Å². The van der Waals surface area contributed by atoms with E-state index in [1.807, 2.05) is 60.0 Å². The molecule has 128 valence electrons. The smallest absolute Gasteiger partial charge is 0.316 e. The summed E-state index contributed by atoms with van der Waals surface area (Å²) in [5.41, 5.74) is 2.98. The Bertz CT molecular complexity index is 876. The molecule has 0 aliphatic rings. The van der Waals surface area contributed by atoms with Crippen molar-refractivity contribution >= 4 is 29.3 Å². The SMILES string of the molecule is COC(=O)CSc1nnc(-c2ccc(Cl)cc2)n1-c1ccc(C)cc1. The first-order valence-corrected chi connectivity index (χ1v) is 8.93. The summed E-state index contributed by atoms with van der Waals surface area (Å²) in [5.74, 6) is 0.547. The van der Waals surface area contributed by atoms with Crippen molar-refractivity contribution in [2.24, 2.45) is 0 Å². The standard InChI is InChI=1S/C18H16ClN3O2S/c1-12-3-9-15(10-4-12)22-17(13-5-7-14(19)8-6-13)20-21-18(22)25-11-16(23)24-2/h3-10H,11H2,1-2H3. The molecule has 25 heavy (non-hydrogen) atoms. The highest BCUT2D eigenvalue weighted by atomic mass is 35.5. The number of methoxy groups -OCH3 is 1. The van der Waals surface area contributed by atoms with Gasteiger partial charge in [-0.1, -0.05) is 41.1 Å². The van der Waals surface area contributed by atoms with E-state index in [1.54, 1.807) is 0 Å². The summed E-state index contributed by atoms with van der Waals surface area (Å²) in [5, 5.41) is 9.85. The van der Waals surface area contributed by atoms with Crippen LogP contribution in [-0.4, -0.2) is 33.6 Å².